The fourth-order valence-corrected chi connectivity index (χ4v) is 2.89. The van der Waals surface area contributed by atoms with E-state index in [0.29, 0.717) is 5.70 Å². The molecule has 1 aliphatic carbocycles. The Morgan fingerprint density at radius 3 is 2.86 bits per heavy atom. The molecule has 0 aromatic carbocycles. The van der Waals surface area contributed by atoms with Gasteiger partial charge in [0.15, 0.2) is 0 Å². The van der Waals surface area contributed by atoms with Crippen molar-refractivity contribution in [3.05, 3.63) is 71.3 Å². The quantitative estimate of drug-likeness (QED) is 0.263. The summed E-state index contributed by atoms with van der Waals surface area (Å²) in [5, 5.41) is 6.46. The van der Waals surface area contributed by atoms with Crippen LogP contribution in [0.5, 0.6) is 0 Å². The van der Waals surface area contributed by atoms with E-state index in [9.17, 15) is 9.18 Å². The molecule has 0 bridgehead atoms. The van der Waals surface area contributed by atoms with Gasteiger partial charge in [-0.25, -0.2) is 19.2 Å². The molecule has 1 fully saturated rings. The number of allylic oxidation sites excluding steroid dienone is 10. The van der Waals surface area contributed by atoms with E-state index >= 15 is 0 Å². The number of amides is 2. The van der Waals surface area contributed by atoms with Crippen molar-refractivity contribution >= 4 is 12.2 Å². The molecule has 7 nitrogen and oxygen atoms in total. The molecular weight excluding hydrogens is 373 g/mol. The fraction of sp³-hybridized carbons (Fsp3) is 0.333. The Kier molecular flexibility index (Phi) is 8.57. The highest BCUT2D eigenvalue weighted by Crippen LogP contribution is 2.30. The Labute approximate surface area is 171 Å². The van der Waals surface area contributed by atoms with Crippen LogP contribution in [0.4, 0.5) is 9.18 Å². The number of nitrogens with zero attached hydrogens (tertiary/aromatic N) is 3. The van der Waals surface area contributed by atoms with Crippen molar-refractivity contribution in [1.82, 2.24) is 21.1 Å². The van der Waals surface area contributed by atoms with Crippen molar-refractivity contribution in [3.8, 4) is 0 Å². The molecule has 29 heavy (non-hydrogen) atoms. The van der Waals surface area contributed by atoms with Crippen LogP contribution in [0.15, 0.2) is 76.4 Å². The SMILES string of the molecule is C=C(/C=N/OC/C=C(F)/C=C\C=C(/C)N1NNN(C)C1=O)C1=C(/C=C\C)CCC1. The van der Waals surface area contributed by atoms with E-state index in [1.165, 1.54) is 39.4 Å². The van der Waals surface area contributed by atoms with Gasteiger partial charge in [-0.3, -0.25) is 0 Å². The Morgan fingerprint density at radius 2 is 2.17 bits per heavy atom. The van der Waals surface area contributed by atoms with E-state index in [-0.39, 0.29) is 12.6 Å². The first kappa shape index (κ1) is 22.3. The minimum Gasteiger partial charge on any atom is -0.391 e. The van der Waals surface area contributed by atoms with Crippen LogP contribution in [-0.4, -0.2) is 35.9 Å². The maximum Gasteiger partial charge on any atom is 0.355 e. The van der Waals surface area contributed by atoms with Crippen LogP contribution < -0.4 is 11.1 Å². The molecule has 0 spiro atoms. The van der Waals surface area contributed by atoms with Crippen LogP contribution >= 0.6 is 0 Å². The van der Waals surface area contributed by atoms with Crippen molar-refractivity contribution in [2.24, 2.45) is 5.16 Å². The summed E-state index contributed by atoms with van der Waals surface area (Å²) in [5.41, 5.74) is 9.24. The van der Waals surface area contributed by atoms with Gasteiger partial charge in [-0.15, -0.1) is 11.1 Å². The van der Waals surface area contributed by atoms with Crippen LogP contribution in [0.2, 0.25) is 0 Å². The van der Waals surface area contributed by atoms with Gasteiger partial charge in [0, 0.05) is 12.7 Å². The van der Waals surface area contributed by atoms with E-state index in [0.717, 1.165) is 24.8 Å². The number of hydrazine groups is 3. The van der Waals surface area contributed by atoms with Crippen molar-refractivity contribution < 1.29 is 14.0 Å². The average molecular weight is 401 g/mol. The summed E-state index contributed by atoms with van der Waals surface area (Å²) in [4.78, 5) is 16.9. The smallest absolute Gasteiger partial charge is 0.355 e. The van der Waals surface area contributed by atoms with Gasteiger partial charge in [-0.05, 0) is 68.1 Å². The van der Waals surface area contributed by atoms with E-state index in [1.807, 2.05) is 13.0 Å². The van der Waals surface area contributed by atoms with Gasteiger partial charge in [-0.1, -0.05) is 30.0 Å². The lowest BCUT2D eigenvalue weighted by molar-refractivity contribution is 0.175. The van der Waals surface area contributed by atoms with Gasteiger partial charge in [-0.2, -0.15) is 0 Å². The number of urea groups is 1. The first-order chi connectivity index (χ1) is 13.9. The standard InChI is InChI=1S/C21H28FN5O2/c1-5-8-18-10-7-12-20(18)16(2)15-23-29-14-13-19(22)11-6-9-17(3)27-21(28)26(4)24-25-27/h5-6,8-9,11,13,15,24-25H,2,7,10,12,14H2,1,3-4H3/b8-5-,11-6-,17-9+,19-13-,23-15+. The molecule has 156 valence electrons. The van der Waals surface area contributed by atoms with E-state index in [1.54, 1.807) is 26.3 Å². The molecule has 1 heterocycles. The van der Waals surface area contributed by atoms with Crippen LogP contribution in [-0.2, 0) is 4.84 Å². The molecule has 2 aliphatic rings. The molecule has 0 saturated carbocycles. The predicted octanol–water partition coefficient (Wildman–Crippen LogP) is 4.21. The molecule has 0 atom stereocenters. The summed E-state index contributed by atoms with van der Waals surface area (Å²) in [5.74, 6) is -0.465. The minimum atomic E-state index is -0.465. The number of carbonyl (C=O) groups is 1. The lowest BCUT2D eigenvalue weighted by Gasteiger charge is -2.12. The van der Waals surface area contributed by atoms with Gasteiger partial charge in [0.25, 0.3) is 0 Å². The maximum absolute atomic E-state index is 13.8. The molecule has 1 aliphatic heterocycles. The van der Waals surface area contributed by atoms with Gasteiger partial charge in [0.2, 0.25) is 0 Å². The highest BCUT2D eigenvalue weighted by Gasteiger charge is 2.25. The van der Waals surface area contributed by atoms with Gasteiger partial charge in [0.1, 0.15) is 12.4 Å². The molecule has 8 heteroatoms. The lowest BCUT2D eigenvalue weighted by Crippen LogP contribution is -2.36. The molecule has 0 aromatic rings. The van der Waals surface area contributed by atoms with Crippen molar-refractivity contribution in [2.75, 3.05) is 13.7 Å². The minimum absolute atomic E-state index is 0.00426. The summed E-state index contributed by atoms with van der Waals surface area (Å²) in [7, 11) is 1.59. The second-order valence-electron chi connectivity index (χ2n) is 6.57. The first-order valence-electron chi connectivity index (χ1n) is 9.43. The monoisotopic (exact) mass is 401 g/mol. The van der Waals surface area contributed by atoms with Gasteiger partial charge < -0.3 is 4.84 Å². The normalized spacial score (nSPS) is 19.1. The number of nitrogens with one attached hydrogen (secondary N) is 2. The lowest BCUT2D eigenvalue weighted by atomic mass is 10.0. The Morgan fingerprint density at radius 1 is 1.38 bits per heavy atom. The average Bonchev–Trinajstić information content (AvgIpc) is 3.28. The van der Waals surface area contributed by atoms with Crippen LogP contribution in [0.25, 0.3) is 0 Å². The third-order valence-corrected chi connectivity index (χ3v) is 4.41. The summed E-state index contributed by atoms with van der Waals surface area (Å²) >= 11 is 0. The van der Waals surface area contributed by atoms with Gasteiger partial charge >= 0.3 is 6.03 Å². The molecule has 0 radical (unpaired) electrons. The molecule has 0 aromatic heterocycles. The molecule has 2 amide bonds. The largest absolute Gasteiger partial charge is 0.391 e. The Balaban J connectivity index is 1.78. The van der Waals surface area contributed by atoms with Crippen LogP contribution in [0.3, 0.4) is 0 Å². The molecule has 0 unspecified atom stereocenters. The number of oxime groups is 1. The molecule has 2 N–H and O–H groups in total. The predicted molar refractivity (Wildman–Crippen MR) is 113 cm³/mol. The highest BCUT2D eigenvalue weighted by molar-refractivity contribution is 5.84. The number of carbonyl (C=O) groups excluding carboxylic acids is 1. The molecule has 1 saturated heterocycles. The van der Waals surface area contributed by atoms with Crippen LogP contribution in [0, 0.1) is 0 Å². The zero-order chi connectivity index (χ0) is 21.2. The number of rotatable bonds is 9. The summed E-state index contributed by atoms with van der Waals surface area (Å²) in [6, 6.07) is -0.262. The number of halogens is 1. The summed E-state index contributed by atoms with van der Waals surface area (Å²) in [6.45, 7) is 7.76. The highest BCUT2D eigenvalue weighted by atomic mass is 19.1. The first-order valence-corrected chi connectivity index (χ1v) is 9.43. The van der Waals surface area contributed by atoms with Gasteiger partial charge in [0.05, 0.1) is 6.21 Å². The summed E-state index contributed by atoms with van der Waals surface area (Å²) in [6.07, 6.45) is 14.5. The maximum atomic E-state index is 13.8. The Bertz CT molecular complexity index is 808. The zero-order valence-corrected chi connectivity index (χ0v) is 17.1. The van der Waals surface area contributed by atoms with E-state index in [2.05, 4.69) is 28.9 Å². The van der Waals surface area contributed by atoms with Crippen LogP contribution in [0.1, 0.15) is 33.1 Å². The Hall–Kier alpha value is -2.97. The van der Waals surface area contributed by atoms with Crippen molar-refractivity contribution in [2.45, 2.75) is 33.1 Å². The number of hydrogen-bond donors (Lipinski definition) is 2. The summed E-state index contributed by atoms with van der Waals surface area (Å²) < 4.78 is 13.8. The fourth-order valence-electron chi connectivity index (χ4n) is 2.89. The third-order valence-electron chi connectivity index (χ3n) is 4.41. The van der Waals surface area contributed by atoms with Crippen molar-refractivity contribution in [1.29, 1.82) is 0 Å². The third kappa shape index (κ3) is 6.55. The van der Waals surface area contributed by atoms with E-state index < -0.39 is 5.83 Å². The zero-order valence-electron chi connectivity index (χ0n) is 17.1. The molecular formula is C21H28FN5O2. The topological polar surface area (TPSA) is 69.2 Å². The second kappa shape index (κ2) is 11.1. The van der Waals surface area contributed by atoms with E-state index in [4.69, 9.17) is 4.84 Å². The second-order valence-corrected chi connectivity index (χ2v) is 6.57. The van der Waals surface area contributed by atoms with Crippen molar-refractivity contribution in [3.63, 3.8) is 0 Å². The molecule has 2 rings (SSSR count). The number of hydrogen-bond acceptors (Lipinski definition) is 5.